The third-order valence-electron chi connectivity index (χ3n) is 4.03. The molecule has 0 aliphatic rings. The molecule has 2 aromatic heterocycles. The molecule has 20 heavy (non-hydrogen) atoms. The van der Waals surface area contributed by atoms with Crippen molar-refractivity contribution in [3.05, 3.63) is 52.6 Å². The summed E-state index contributed by atoms with van der Waals surface area (Å²) in [5, 5.41) is 2.92. The van der Waals surface area contributed by atoms with Gasteiger partial charge in [-0.05, 0) is 24.6 Å². The van der Waals surface area contributed by atoms with Crippen molar-refractivity contribution in [2.45, 2.75) is 6.92 Å². The Balaban J connectivity index is 2.41. The number of fused-ring (bicyclic) bond motifs is 4. The molecular formula is C16H13N3O. The molecule has 0 bridgehead atoms. The first kappa shape index (κ1) is 11.2. The summed E-state index contributed by atoms with van der Waals surface area (Å²) in [5.41, 5.74) is 4.02. The predicted molar refractivity (Wildman–Crippen MR) is 81.1 cm³/mol. The van der Waals surface area contributed by atoms with Crippen LogP contribution in [0, 0.1) is 6.92 Å². The molecular weight excluding hydrogens is 250 g/mol. The minimum absolute atomic E-state index is 0.0899. The lowest BCUT2D eigenvalue weighted by Crippen LogP contribution is -2.07. The monoisotopic (exact) mass is 263 g/mol. The highest BCUT2D eigenvalue weighted by Gasteiger charge is 2.14. The molecule has 4 rings (SSSR count). The molecule has 0 radical (unpaired) electrons. The summed E-state index contributed by atoms with van der Waals surface area (Å²) >= 11 is 0. The fourth-order valence-electron chi connectivity index (χ4n) is 3.12. The first-order valence-corrected chi connectivity index (χ1v) is 6.52. The van der Waals surface area contributed by atoms with E-state index >= 15 is 0 Å². The Kier molecular flexibility index (Phi) is 2.07. The molecule has 0 fully saturated rings. The summed E-state index contributed by atoms with van der Waals surface area (Å²) in [5.74, 6) is 0. The van der Waals surface area contributed by atoms with Gasteiger partial charge in [0.05, 0.1) is 22.7 Å². The predicted octanol–water partition coefficient (Wildman–Crippen LogP) is 2.88. The molecule has 2 aromatic carbocycles. The molecule has 4 aromatic rings. The van der Waals surface area contributed by atoms with Crippen LogP contribution in [0.4, 0.5) is 0 Å². The molecule has 2 heterocycles. The summed E-state index contributed by atoms with van der Waals surface area (Å²) in [6.45, 7) is 2.02. The van der Waals surface area contributed by atoms with E-state index in [1.54, 1.807) is 0 Å². The Hall–Kier alpha value is -2.62. The van der Waals surface area contributed by atoms with Crippen LogP contribution in [0.5, 0.6) is 0 Å². The smallest absolute Gasteiger partial charge is 0.258 e. The third kappa shape index (κ3) is 1.25. The zero-order valence-corrected chi connectivity index (χ0v) is 11.3. The van der Waals surface area contributed by atoms with Crippen LogP contribution in [0.1, 0.15) is 5.56 Å². The van der Waals surface area contributed by atoms with E-state index < -0.39 is 0 Å². The average molecular weight is 263 g/mol. The van der Waals surface area contributed by atoms with Crippen LogP contribution >= 0.6 is 0 Å². The lowest BCUT2D eigenvalue weighted by atomic mass is 10.1. The number of aromatic nitrogens is 3. The Labute approximate surface area is 114 Å². The summed E-state index contributed by atoms with van der Waals surface area (Å²) < 4.78 is 2.17. The van der Waals surface area contributed by atoms with Crippen molar-refractivity contribution in [2.24, 2.45) is 7.05 Å². The number of benzene rings is 2. The topological polar surface area (TPSA) is 50.7 Å². The van der Waals surface area contributed by atoms with Crippen molar-refractivity contribution >= 4 is 32.7 Å². The number of nitrogens with zero attached hydrogens (tertiary/aromatic N) is 2. The maximum Gasteiger partial charge on any atom is 0.258 e. The minimum Gasteiger partial charge on any atom is -0.343 e. The van der Waals surface area contributed by atoms with Crippen molar-refractivity contribution in [3.8, 4) is 0 Å². The fraction of sp³-hybridized carbons (Fsp3) is 0.125. The van der Waals surface area contributed by atoms with Gasteiger partial charge in [0, 0.05) is 23.3 Å². The number of aryl methyl sites for hydroxylation is 2. The van der Waals surface area contributed by atoms with E-state index in [2.05, 4.69) is 33.7 Å². The van der Waals surface area contributed by atoms with Crippen molar-refractivity contribution in [1.29, 1.82) is 0 Å². The number of nitrogens with one attached hydrogen (secondary N) is 1. The second-order valence-corrected chi connectivity index (χ2v) is 5.10. The van der Waals surface area contributed by atoms with Gasteiger partial charge in [0.15, 0.2) is 0 Å². The van der Waals surface area contributed by atoms with E-state index in [-0.39, 0.29) is 5.56 Å². The van der Waals surface area contributed by atoms with Gasteiger partial charge in [-0.3, -0.25) is 4.79 Å². The molecule has 0 aliphatic heterocycles. The van der Waals surface area contributed by atoms with Gasteiger partial charge in [-0.2, -0.15) is 0 Å². The molecule has 4 nitrogen and oxygen atoms in total. The van der Waals surface area contributed by atoms with Gasteiger partial charge in [0.1, 0.15) is 0 Å². The van der Waals surface area contributed by atoms with E-state index in [1.165, 1.54) is 11.7 Å². The van der Waals surface area contributed by atoms with Crippen LogP contribution < -0.4 is 5.56 Å². The quantitative estimate of drug-likeness (QED) is 0.530. The largest absolute Gasteiger partial charge is 0.343 e. The maximum absolute atomic E-state index is 12.0. The maximum atomic E-state index is 12.0. The number of hydrogen-bond donors (Lipinski definition) is 1. The molecule has 0 unspecified atom stereocenters. The van der Waals surface area contributed by atoms with Gasteiger partial charge in [0.2, 0.25) is 0 Å². The molecule has 98 valence electrons. The summed E-state index contributed by atoms with van der Waals surface area (Å²) in [7, 11) is 2.05. The molecule has 0 amide bonds. The highest BCUT2D eigenvalue weighted by atomic mass is 16.1. The van der Waals surface area contributed by atoms with Crippen LogP contribution in [-0.2, 0) is 7.05 Å². The zero-order chi connectivity index (χ0) is 13.9. The van der Waals surface area contributed by atoms with E-state index in [9.17, 15) is 4.79 Å². The lowest BCUT2D eigenvalue weighted by molar-refractivity contribution is 1.01. The first-order valence-electron chi connectivity index (χ1n) is 6.52. The summed E-state index contributed by atoms with van der Waals surface area (Å²) in [6, 6.07) is 10.2. The first-order chi connectivity index (χ1) is 9.68. The van der Waals surface area contributed by atoms with Crippen LogP contribution in [0.2, 0.25) is 0 Å². The number of para-hydroxylation sites is 1. The van der Waals surface area contributed by atoms with Gasteiger partial charge >= 0.3 is 0 Å². The number of H-pyrrole nitrogens is 1. The Bertz CT molecular complexity index is 1040. The molecule has 0 saturated heterocycles. The average Bonchev–Trinajstić information content (AvgIpc) is 2.75. The SMILES string of the molecule is Cc1c2nc[nH]c(=O)c2cc2c3ccccc3n(C)c12. The molecule has 0 aliphatic carbocycles. The van der Waals surface area contributed by atoms with Crippen molar-refractivity contribution in [3.63, 3.8) is 0 Å². The highest BCUT2D eigenvalue weighted by Crippen LogP contribution is 2.32. The summed E-state index contributed by atoms with van der Waals surface area (Å²) in [4.78, 5) is 19.0. The number of aromatic amines is 1. The Morgan fingerprint density at radius 2 is 1.95 bits per heavy atom. The second-order valence-electron chi connectivity index (χ2n) is 5.10. The van der Waals surface area contributed by atoms with Crippen molar-refractivity contribution < 1.29 is 0 Å². The van der Waals surface area contributed by atoms with Crippen LogP contribution in [-0.4, -0.2) is 14.5 Å². The highest BCUT2D eigenvalue weighted by molar-refractivity contribution is 6.13. The van der Waals surface area contributed by atoms with Gasteiger partial charge in [-0.25, -0.2) is 4.98 Å². The molecule has 0 spiro atoms. The summed E-state index contributed by atoms with van der Waals surface area (Å²) in [6.07, 6.45) is 1.46. The minimum atomic E-state index is -0.0899. The Morgan fingerprint density at radius 3 is 2.80 bits per heavy atom. The molecule has 4 heteroatoms. The van der Waals surface area contributed by atoms with E-state index in [4.69, 9.17) is 0 Å². The van der Waals surface area contributed by atoms with E-state index in [0.29, 0.717) is 5.39 Å². The zero-order valence-electron chi connectivity index (χ0n) is 11.3. The van der Waals surface area contributed by atoms with Gasteiger partial charge in [-0.1, -0.05) is 18.2 Å². The second kappa shape index (κ2) is 3.70. The molecule has 0 atom stereocenters. The number of rotatable bonds is 0. The fourth-order valence-corrected chi connectivity index (χ4v) is 3.12. The van der Waals surface area contributed by atoms with Crippen molar-refractivity contribution in [1.82, 2.24) is 14.5 Å². The van der Waals surface area contributed by atoms with Gasteiger partial charge in [-0.15, -0.1) is 0 Å². The Morgan fingerprint density at radius 1 is 1.15 bits per heavy atom. The van der Waals surface area contributed by atoms with E-state index in [0.717, 1.165) is 27.5 Å². The standard InChI is InChI=1S/C16H13N3O/c1-9-14-12(16(20)18-8-17-14)7-11-10-5-3-4-6-13(10)19(2)15(9)11/h3-8H,1-2H3,(H,17,18,20). The van der Waals surface area contributed by atoms with Crippen LogP contribution in [0.15, 0.2) is 41.5 Å². The molecule has 1 N–H and O–H groups in total. The third-order valence-corrected chi connectivity index (χ3v) is 4.03. The van der Waals surface area contributed by atoms with Crippen molar-refractivity contribution in [2.75, 3.05) is 0 Å². The van der Waals surface area contributed by atoms with Crippen LogP contribution in [0.3, 0.4) is 0 Å². The van der Waals surface area contributed by atoms with Gasteiger partial charge in [0.25, 0.3) is 5.56 Å². The molecule has 0 saturated carbocycles. The lowest BCUT2D eigenvalue weighted by Gasteiger charge is -2.05. The van der Waals surface area contributed by atoms with Gasteiger partial charge < -0.3 is 9.55 Å². The number of hydrogen-bond acceptors (Lipinski definition) is 2. The van der Waals surface area contributed by atoms with E-state index in [1.807, 2.05) is 25.1 Å². The normalized spacial score (nSPS) is 11.7. The van der Waals surface area contributed by atoms with Crippen LogP contribution in [0.25, 0.3) is 32.7 Å².